The molecule has 1 aromatic carbocycles. The van der Waals surface area contributed by atoms with Crippen LogP contribution in [0.15, 0.2) is 35.3 Å². The number of nitrogens with zero attached hydrogens (tertiary/aromatic N) is 2. The fourth-order valence-electron chi connectivity index (χ4n) is 3.24. The van der Waals surface area contributed by atoms with Crippen LogP contribution >= 0.6 is 0 Å². The summed E-state index contributed by atoms with van der Waals surface area (Å²) in [5.41, 5.74) is -0.657. The maximum Gasteiger partial charge on any atom is 0.328 e. The van der Waals surface area contributed by atoms with Crippen molar-refractivity contribution >= 4 is 5.97 Å². The Morgan fingerprint density at radius 3 is 2.65 bits per heavy atom. The molecule has 138 valence electrons. The second-order valence-corrected chi connectivity index (χ2v) is 6.39. The number of benzene rings is 1. The van der Waals surface area contributed by atoms with E-state index in [9.17, 15) is 23.5 Å². The standard InChI is InChI=1S/C18H18F2N2O4/c19-12-5-6-16(14(20)8-12)26-13-9-17(23)22(21-10-13)15(18(24)25)7-11-3-1-2-4-11/h5-6,8-11,15H,1-4,7H2,(H,24,25). The molecule has 0 bridgehead atoms. The number of hydrogen-bond acceptors (Lipinski definition) is 4. The Hall–Kier alpha value is -2.77. The minimum absolute atomic E-state index is 0.0539. The zero-order valence-electron chi connectivity index (χ0n) is 13.9. The van der Waals surface area contributed by atoms with Crippen LogP contribution in [-0.2, 0) is 4.79 Å². The molecule has 0 spiro atoms. The number of ether oxygens (including phenoxy) is 1. The molecule has 1 aliphatic carbocycles. The van der Waals surface area contributed by atoms with E-state index in [4.69, 9.17) is 4.74 Å². The zero-order chi connectivity index (χ0) is 18.7. The molecule has 1 saturated carbocycles. The lowest BCUT2D eigenvalue weighted by Gasteiger charge is -2.18. The summed E-state index contributed by atoms with van der Waals surface area (Å²) < 4.78 is 32.7. The highest BCUT2D eigenvalue weighted by molar-refractivity contribution is 5.71. The predicted molar refractivity (Wildman–Crippen MR) is 88.2 cm³/mol. The van der Waals surface area contributed by atoms with Crippen LogP contribution in [0.2, 0.25) is 0 Å². The van der Waals surface area contributed by atoms with E-state index >= 15 is 0 Å². The molecule has 8 heteroatoms. The first-order valence-corrected chi connectivity index (χ1v) is 8.38. The highest BCUT2D eigenvalue weighted by atomic mass is 19.1. The Bertz CT molecular complexity index is 863. The average Bonchev–Trinajstić information content (AvgIpc) is 3.09. The van der Waals surface area contributed by atoms with Crippen molar-refractivity contribution in [2.45, 2.75) is 38.1 Å². The molecule has 1 unspecified atom stereocenters. The van der Waals surface area contributed by atoms with Gasteiger partial charge in [0, 0.05) is 12.1 Å². The van der Waals surface area contributed by atoms with Gasteiger partial charge in [0.15, 0.2) is 23.4 Å². The van der Waals surface area contributed by atoms with Crippen LogP contribution in [0.5, 0.6) is 11.5 Å². The van der Waals surface area contributed by atoms with Crippen LogP contribution in [0, 0.1) is 17.6 Å². The first-order chi connectivity index (χ1) is 12.4. The van der Waals surface area contributed by atoms with Gasteiger partial charge in [-0.05, 0) is 24.5 Å². The molecular formula is C18H18F2N2O4. The van der Waals surface area contributed by atoms with Crippen LogP contribution in [0.1, 0.15) is 38.1 Å². The van der Waals surface area contributed by atoms with E-state index in [1.165, 1.54) is 0 Å². The number of aromatic nitrogens is 2. The first-order valence-electron chi connectivity index (χ1n) is 8.38. The second kappa shape index (κ2) is 7.63. The number of aliphatic carboxylic acids is 1. The number of carbonyl (C=O) groups is 1. The van der Waals surface area contributed by atoms with E-state index in [2.05, 4.69) is 5.10 Å². The van der Waals surface area contributed by atoms with Crippen molar-refractivity contribution in [3.8, 4) is 11.5 Å². The molecule has 2 aromatic rings. The summed E-state index contributed by atoms with van der Waals surface area (Å²) in [5.74, 6) is -2.84. The minimum atomic E-state index is -1.12. The van der Waals surface area contributed by atoms with Crippen LogP contribution in [0.25, 0.3) is 0 Å². The summed E-state index contributed by atoms with van der Waals surface area (Å²) in [7, 11) is 0. The molecule has 0 amide bonds. The third-order valence-electron chi connectivity index (χ3n) is 4.53. The highest BCUT2D eigenvalue weighted by Crippen LogP contribution is 2.31. The monoisotopic (exact) mass is 364 g/mol. The van der Waals surface area contributed by atoms with E-state index in [0.29, 0.717) is 12.5 Å². The second-order valence-electron chi connectivity index (χ2n) is 6.39. The largest absolute Gasteiger partial charge is 0.480 e. The summed E-state index contributed by atoms with van der Waals surface area (Å²) in [6.07, 6.45) is 5.52. The smallest absolute Gasteiger partial charge is 0.328 e. The molecule has 1 atom stereocenters. The van der Waals surface area contributed by atoms with Crippen molar-refractivity contribution in [3.05, 3.63) is 52.5 Å². The number of rotatable bonds is 6. The predicted octanol–water partition coefficient (Wildman–Crippen LogP) is 3.52. The van der Waals surface area contributed by atoms with Crippen molar-refractivity contribution < 1.29 is 23.4 Å². The van der Waals surface area contributed by atoms with Crippen molar-refractivity contribution in [3.63, 3.8) is 0 Å². The summed E-state index contributed by atoms with van der Waals surface area (Å²) in [6.45, 7) is 0. The Balaban J connectivity index is 1.81. The van der Waals surface area contributed by atoms with Gasteiger partial charge in [-0.25, -0.2) is 18.3 Å². The summed E-state index contributed by atoms with van der Waals surface area (Å²) >= 11 is 0. The molecule has 1 aromatic heterocycles. The first kappa shape index (κ1) is 18.0. The van der Waals surface area contributed by atoms with E-state index in [0.717, 1.165) is 54.8 Å². The molecule has 26 heavy (non-hydrogen) atoms. The van der Waals surface area contributed by atoms with Gasteiger partial charge >= 0.3 is 5.97 Å². The summed E-state index contributed by atoms with van der Waals surface area (Å²) in [6, 6.07) is 2.76. The SMILES string of the molecule is O=C(O)C(CC1CCCC1)n1ncc(Oc2ccc(F)cc2F)cc1=O. The lowest BCUT2D eigenvalue weighted by molar-refractivity contribution is -0.142. The van der Waals surface area contributed by atoms with Gasteiger partial charge in [0.05, 0.1) is 6.20 Å². The fraction of sp³-hybridized carbons (Fsp3) is 0.389. The van der Waals surface area contributed by atoms with Crippen LogP contribution < -0.4 is 10.3 Å². The molecule has 0 aliphatic heterocycles. The number of hydrogen-bond donors (Lipinski definition) is 1. The van der Waals surface area contributed by atoms with Gasteiger partial charge in [0.2, 0.25) is 0 Å². The van der Waals surface area contributed by atoms with E-state index in [1.807, 2.05) is 0 Å². The number of halogens is 2. The Kier molecular flexibility index (Phi) is 5.29. The normalized spacial score (nSPS) is 15.8. The topological polar surface area (TPSA) is 81.4 Å². The molecule has 3 rings (SSSR count). The molecule has 1 N–H and O–H groups in total. The van der Waals surface area contributed by atoms with Gasteiger partial charge in [0.1, 0.15) is 5.82 Å². The van der Waals surface area contributed by atoms with Gasteiger partial charge in [0.25, 0.3) is 5.56 Å². The molecule has 0 radical (unpaired) electrons. The van der Waals surface area contributed by atoms with E-state index < -0.39 is 29.2 Å². The Labute approximate surface area is 148 Å². The van der Waals surface area contributed by atoms with E-state index in [1.54, 1.807) is 0 Å². The lowest BCUT2D eigenvalue weighted by atomic mass is 9.98. The average molecular weight is 364 g/mol. The molecule has 6 nitrogen and oxygen atoms in total. The maximum atomic E-state index is 13.6. The van der Waals surface area contributed by atoms with Crippen molar-refractivity contribution in [2.75, 3.05) is 0 Å². The molecule has 1 aliphatic rings. The van der Waals surface area contributed by atoms with Gasteiger partial charge in [-0.2, -0.15) is 5.10 Å². The number of carboxylic acids is 1. The van der Waals surface area contributed by atoms with Crippen LogP contribution in [0.4, 0.5) is 8.78 Å². The van der Waals surface area contributed by atoms with Crippen LogP contribution in [-0.4, -0.2) is 20.9 Å². The van der Waals surface area contributed by atoms with Crippen LogP contribution in [0.3, 0.4) is 0 Å². The maximum absolute atomic E-state index is 13.6. The van der Waals surface area contributed by atoms with Gasteiger partial charge < -0.3 is 9.84 Å². The highest BCUT2D eigenvalue weighted by Gasteiger charge is 2.28. The Morgan fingerprint density at radius 2 is 2.04 bits per heavy atom. The third kappa shape index (κ3) is 4.07. The third-order valence-corrected chi connectivity index (χ3v) is 4.53. The quantitative estimate of drug-likeness (QED) is 0.848. The minimum Gasteiger partial charge on any atom is -0.480 e. The van der Waals surface area contributed by atoms with E-state index in [-0.39, 0.29) is 17.4 Å². The molecule has 1 fully saturated rings. The van der Waals surface area contributed by atoms with Gasteiger partial charge in [-0.1, -0.05) is 25.7 Å². The lowest BCUT2D eigenvalue weighted by Crippen LogP contribution is -2.32. The van der Waals surface area contributed by atoms with Gasteiger partial charge in [-0.3, -0.25) is 4.79 Å². The Morgan fingerprint density at radius 1 is 1.31 bits per heavy atom. The van der Waals surface area contributed by atoms with Crippen molar-refractivity contribution in [1.29, 1.82) is 0 Å². The molecular weight excluding hydrogens is 346 g/mol. The molecule has 1 heterocycles. The van der Waals surface area contributed by atoms with Crippen molar-refractivity contribution in [1.82, 2.24) is 9.78 Å². The van der Waals surface area contributed by atoms with Gasteiger partial charge in [-0.15, -0.1) is 0 Å². The zero-order valence-corrected chi connectivity index (χ0v) is 13.9. The van der Waals surface area contributed by atoms with Crippen molar-refractivity contribution in [2.24, 2.45) is 5.92 Å². The summed E-state index contributed by atoms with van der Waals surface area (Å²) in [4.78, 5) is 23.9. The summed E-state index contributed by atoms with van der Waals surface area (Å²) in [5, 5.41) is 13.3. The number of carboxylic acid groups (broad SMARTS) is 1. The molecule has 0 saturated heterocycles. The fourth-order valence-corrected chi connectivity index (χ4v) is 3.24.